The summed E-state index contributed by atoms with van der Waals surface area (Å²) in [6.45, 7) is 3.48. The maximum atomic E-state index is 12.8. The second kappa shape index (κ2) is 8.62. The van der Waals surface area contributed by atoms with Gasteiger partial charge < -0.3 is 24.5 Å². The molecule has 0 saturated heterocycles. The number of fused-ring (bicyclic) bond motifs is 1. The summed E-state index contributed by atoms with van der Waals surface area (Å²) in [5.41, 5.74) is 0.845. The Morgan fingerprint density at radius 2 is 2.10 bits per heavy atom. The van der Waals surface area contributed by atoms with Gasteiger partial charge in [-0.15, -0.1) is 11.3 Å². The molecule has 0 saturated carbocycles. The largest absolute Gasteiger partial charge is 0.488 e. The highest BCUT2D eigenvalue weighted by molar-refractivity contribution is 7.11. The minimum absolute atomic E-state index is 0.309. The molecule has 29 heavy (non-hydrogen) atoms. The first-order valence-corrected chi connectivity index (χ1v) is 9.82. The van der Waals surface area contributed by atoms with E-state index >= 15 is 0 Å². The Morgan fingerprint density at radius 3 is 2.72 bits per heavy atom. The summed E-state index contributed by atoms with van der Waals surface area (Å²) >= 11 is 1.56. The average Bonchev–Trinajstić information content (AvgIpc) is 3.25. The molecule has 2 aromatic heterocycles. The Kier molecular flexibility index (Phi) is 6.19. The van der Waals surface area contributed by atoms with Crippen LogP contribution < -0.4 is 10.1 Å². The zero-order valence-corrected chi connectivity index (χ0v) is 17.5. The number of hydrogen-bond donors (Lipinski definition) is 2. The van der Waals surface area contributed by atoms with Gasteiger partial charge in [-0.05, 0) is 32.0 Å². The second-order valence-corrected chi connectivity index (χ2v) is 8.09. The van der Waals surface area contributed by atoms with Crippen LogP contribution in [0.5, 0.6) is 5.75 Å². The van der Waals surface area contributed by atoms with Crippen molar-refractivity contribution >= 4 is 34.1 Å². The molecular weight excluding hydrogens is 394 g/mol. The minimum atomic E-state index is -1.03. The number of ether oxygens (including phenoxy) is 1. The van der Waals surface area contributed by atoms with Crippen molar-refractivity contribution in [3.05, 3.63) is 45.6 Å². The molecule has 0 spiro atoms. The fourth-order valence-electron chi connectivity index (χ4n) is 2.93. The molecule has 0 aliphatic rings. The van der Waals surface area contributed by atoms with Crippen molar-refractivity contribution in [1.82, 2.24) is 15.2 Å². The number of aromatic nitrogens is 1. The van der Waals surface area contributed by atoms with E-state index in [0.29, 0.717) is 34.6 Å². The Hall–Kier alpha value is -2.91. The van der Waals surface area contributed by atoms with Crippen molar-refractivity contribution < 1.29 is 23.8 Å². The van der Waals surface area contributed by atoms with Gasteiger partial charge in [0.15, 0.2) is 0 Å². The molecule has 2 amide bonds. The highest BCUT2D eigenvalue weighted by Gasteiger charge is 2.25. The molecule has 3 rings (SSSR count). The summed E-state index contributed by atoms with van der Waals surface area (Å²) < 4.78 is 11.5. The van der Waals surface area contributed by atoms with E-state index in [0.717, 1.165) is 9.88 Å². The summed E-state index contributed by atoms with van der Waals surface area (Å²) in [4.78, 5) is 31.4. The van der Waals surface area contributed by atoms with E-state index in [9.17, 15) is 14.7 Å². The average molecular weight is 417 g/mol. The fourth-order valence-corrected chi connectivity index (χ4v) is 3.63. The van der Waals surface area contributed by atoms with Crippen molar-refractivity contribution in [2.75, 3.05) is 20.7 Å². The quantitative estimate of drug-likeness (QED) is 0.611. The molecule has 2 N–H and O–H groups in total. The number of aryl methyl sites for hydroxylation is 2. The number of carbonyl (C=O) groups is 2. The Balaban J connectivity index is 1.84. The molecule has 2 heterocycles. The van der Waals surface area contributed by atoms with Crippen LogP contribution in [0.1, 0.15) is 26.0 Å². The summed E-state index contributed by atoms with van der Waals surface area (Å²) in [5.74, 6) is 0.115. The Labute approximate surface area is 172 Å². The summed E-state index contributed by atoms with van der Waals surface area (Å²) in [5, 5.41) is 13.6. The molecule has 154 valence electrons. The minimum Gasteiger partial charge on any atom is -0.488 e. The number of rotatable bonds is 7. The first-order chi connectivity index (χ1) is 13.8. The van der Waals surface area contributed by atoms with Crippen LogP contribution in [0, 0.1) is 13.8 Å². The van der Waals surface area contributed by atoms with Crippen molar-refractivity contribution in [3.63, 3.8) is 0 Å². The van der Waals surface area contributed by atoms with E-state index in [1.165, 1.54) is 4.90 Å². The van der Waals surface area contributed by atoms with E-state index < -0.39 is 24.5 Å². The van der Waals surface area contributed by atoms with Gasteiger partial charge in [-0.3, -0.25) is 9.59 Å². The summed E-state index contributed by atoms with van der Waals surface area (Å²) in [6.07, 6.45) is 1.77. The lowest BCUT2D eigenvalue weighted by molar-refractivity contribution is -0.131. The second-order valence-electron chi connectivity index (χ2n) is 6.77. The van der Waals surface area contributed by atoms with E-state index in [1.54, 1.807) is 56.8 Å². The van der Waals surface area contributed by atoms with Crippen LogP contribution in [0.15, 0.2) is 28.8 Å². The molecular formula is C20H23N3O5S. The third-order valence-corrected chi connectivity index (χ3v) is 5.23. The van der Waals surface area contributed by atoms with Gasteiger partial charge in [0, 0.05) is 25.7 Å². The molecule has 1 aromatic carbocycles. The number of amides is 2. The third-order valence-electron chi connectivity index (χ3n) is 4.34. The molecule has 0 aliphatic carbocycles. The Bertz CT molecular complexity index is 1040. The number of hydrogen-bond acceptors (Lipinski definition) is 7. The molecule has 0 fully saturated rings. The van der Waals surface area contributed by atoms with E-state index in [4.69, 9.17) is 9.15 Å². The number of aliphatic hydroxyl groups excluding tert-OH is 1. The van der Waals surface area contributed by atoms with Crippen LogP contribution in [0.4, 0.5) is 0 Å². The first kappa shape index (κ1) is 20.8. The molecule has 9 heteroatoms. The van der Waals surface area contributed by atoms with Crippen LogP contribution in [0.2, 0.25) is 0 Å². The zero-order chi connectivity index (χ0) is 21.1. The predicted octanol–water partition coefficient (Wildman–Crippen LogP) is 2.26. The van der Waals surface area contributed by atoms with Crippen LogP contribution in [-0.4, -0.2) is 53.5 Å². The summed E-state index contributed by atoms with van der Waals surface area (Å²) in [7, 11) is 3.12. The van der Waals surface area contributed by atoms with Crippen molar-refractivity contribution in [3.8, 4) is 5.75 Å². The molecule has 0 aliphatic heterocycles. The maximum Gasteiger partial charge on any atom is 0.256 e. The molecule has 0 radical (unpaired) electrons. The monoisotopic (exact) mass is 417 g/mol. The van der Waals surface area contributed by atoms with Crippen molar-refractivity contribution in [2.24, 2.45) is 0 Å². The van der Waals surface area contributed by atoms with Gasteiger partial charge in [0.1, 0.15) is 29.7 Å². The lowest BCUT2D eigenvalue weighted by Crippen LogP contribution is -2.48. The van der Waals surface area contributed by atoms with Gasteiger partial charge in [-0.1, -0.05) is 0 Å². The van der Waals surface area contributed by atoms with Gasteiger partial charge in [-0.2, -0.15) is 0 Å². The van der Waals surface area contributed by atoms with Crippen molar-refractivity contribution in [1.29, 1.82) is 0 Å². The lowest BCUT2D eigenvalue weighted by Gasteiger charge is -2.19. The topological polar surface area (TPSA) is 105 Å². The van der Waals surface area contributed by atoms with Gasteiger partial charge in [-0.25, -0.2) is 4.98 Å². The number of nitrogens with zero attached hydrogens (tertiary/aromatic N) is 2. The van der Waals surface area contributed by atoms with E-state index in [1.807, 2.05) is 6.92 Å². The number of nitrogens with one attached hydrogen (secondary N) is 1. The number of likely N-dealkylation sites (N-methyl/N-ethyl adjacent to an activating group) is 1. The molecule has 8 nitrogen and oxygen atoms in total. The van der Waals surface area contributed by atoms with Gasteiger partial charge in [0.2, 0.25) is 5.91 Å². The maximum absolute atomic E-state index is 12.8. The highest BCUT2D eigenvalue weighted by atomic mass is 32.1. The van der Waals surface area contributed by atoms with Crippen molar-refractivity contribution in [2.45, 2.75) is 26.5 Å². The number of aliphatic hydroxyl groups is 1. The number of benzene rings is 1. The third kappa shape index (κ3) is 4.57. The smallest absolute Gasteiger partial charge is 0.256 e. The summed E-state index contributed by atoms with van der Waals surface area (Å²) in [6, 6.07) is 4.21. The fraction of sp³-hybridized carbons (Fsp3) is 0.350. The normalized spacial score (nSPS) is 12.0. The lowest BCUT2D eigenvalue weighted by atomic mass is 10.1. The van der Waals surface area contributed by atoms with Crippen LogP contribution in [0.25, 0.3) is 11.0 Å². The zero-order valence-electron chi connectivity index (χ0n) is 16.7. The predicted molar refractivity (Wildman–Crippen MR) is 109 cm³/mol. The number of furan rings is 1. The van der Waals surface area contributed by atoms with Crippen LogP contribution in [0.3, 0.4) is 0 Å². The Morgan fingerprint density at radius 1 is 1.34 bits per heavy atom. The van der Waals surface area contributed by atoms with Gasteiger partial charge in [0.05, 0.1) is 22.1 Å². The number of thiazole rings is 1. The SMILES string of the molecule is Cc1ncc(COc2ccc3oc(C)c(C(=O)NC(CO)C(=O)N(C)C)c3c2)s1. The first-order valence-electron chi connectivity index (χ1n) is 9.00. The van der Waals surface area contributed by atoms with E-state index in [2.05, 4.69) is 10.3 Å². The standard InChI is InChI=1S/C20H23N3O5S/c1-11-18(19(25)22-16(9-24)20(26)23(3)4)15-7-13(5-6-17(15)28-11)27-10-14-8-21-12(2)29-14/h5-8,16,24H,9-10H2,1-4H3,(H,22,25). The highest BCUT2D eigenvalue weighted by Crippen LogP contribution is 2.29. The molecule has 3 aromatic rings. The molecule has 0 bridgehead atoms. The molecule has 1 unspecified atom stereocenters. The van der Waals surface area contributed by atoms with Crippen LogP contribution in [-0.2, 0) is 11.4 Å². The molecule has 1 atom stereocenters. The van der Waals surface area contributed by atoms with Gasteiger partial charge in [0.25, 0.3) is 5.91 Å². The number of carbonyl (C=O) groups excluding carboxylic acids is 2. The van der Waals surface area contributed by atoms with E-state index in [-0.39, 0.29) is 0 Å². The van der Waals surface area contributed by atoms with Crippen LogP contribution >= 0.6 is 11.3 Å². The van der Waals surface area contributed by atoms with Gasteiger partial charge >= 0.3 is 0 Å².